The minimum absolute atomic E-state index is 0.0280. The summed E-state index contributed by atoms with van der Waals surface area (Å²) in [4.78, 5) is 14.7. The maximum absolute atomic E-state index is 12.7. The van der Waals surface area contributed by atoms with Gasteiger partial charge in [-0.2, -0.15) is 13.2 Å². The van der Waals surface area contributed by atoms with Crippen LogP contribution in [0, 0.1) is 0 Å². The van der Waals surface area contributed by atoms with Gasteiger partial charge in [0.25, 0.3) is 0 Å². The van der Waals surface area contributed by atoms with Crippen LogP contribution >= 0.6 is 11.6 Å². The van der Waals surface area contributed by atoms with Crippen LogP contribution in [0.1, 0.15) is 12.5 Å². The van der Waals surface area contributed by atoms with Gasteiger partial charge in [0.15, 0.2) is 0 Å². The lowest BCUT2D eigenvalue weighted by Gasteiger charge is -2.36. The molecule has 110 valence electrons. The molecule has 1 aromatic rings. The summed E-state index contributed by atoms with van der Waals surface area (Å²) in [6.45, 7) is 3.40. The predicted molar refractivity (Wildman–Crippen MR) is 70.9 cm³/mol. The normalized spacial score (nSPS) is 16.4. The summed E-state index contributed by atoms with van der Waals surface area (Å²) in [5.74, 6) is -0.0280. The quantitative estimate of drug-likeness (QED) is 0.796. The lowest BCUT2D eigenvalue weighted by atomic mass is 10.1. The summed E-state index contributed by atoms with van der Waals surface area (Å²) in [5, 5.41) is 0.286. The predicted octanol–water partition coefficient (Wildman–Crippen LogP) is 3.03. The van der Waals surface area contributed by atoms with Gasteiger partial charge in [-0.05, 0) is 18.2 Å². The number of hydrogen-bond donors (Lipinski definition) is 0. The first-order valence-electron chi connectivity index (χ1n) is 6.16. The Balaban J connectivity index is 2.19. The van der Waals surface area contributed by atoms with Crippen molar-refractivity contribution < 1.29 is 18.0 Å². The Bertz CT molecular complexity index is 511. The number of rotatable bonds is 1. The average Bonchev–Trinajstić information content (AvgIpc) is 2.38. The van der Waals surface area contributed by atoms with Crippen LogP contribution in [0.25, 0.3) is 0 Å². The molecule has 1 aliphatic rings. The van der Waals surface area contributed by atoms with Crippen LogP contribution in [0.4, 0.5) is 18.9 Å². The molecule has 0 unspecified atom stereocenters. The largest absolute Gasteiger partial charge is 0.416 e. The molecular weight excluding hydrogens is 293 g/mol. The van der Waals surface area contributed by atoms with Gasteiger partial charge in [0.2, 0.25) is 5.91 Å². The summed E-state index contributed by atoms with van der Waals surface area (Å²) in [6.07, 6.45) is -4.39. The van der Waals surface area contributed by atoms with E-state index in [9.17, 15) is 18.0 Å². The van der Waals surface area contributed by atoms with Crippen molar-refractivity contribution in [3.8, 4) is 0 Å². The van der Waals surface area contributed by atoms with E-state index < -0.39 is 11.7 Å². The summed E-state index contributed by atoms with van der Waals surface area (Å²) in [7, 11) is 0. The van der Waals surface area contributed by atoms with E-state index in [4.69, 9.17) is 11.6 Å². The fourth-order valence-electron chi connectivity index (χ4n) is 2.19. The van der Waals surface area contributed by atoms with E-state index in [1.54, 1.807) is 9.80 Å². The smallest absolute Gasteiger partial charge is 0.367 e. The molecule has 1 heterocycles. The Morgan fingerprint density at radius 3 is 2.30 bits per heavy atom. The molecule has 20 heavy (non-hydrogen) atoms. The Labute approximate surface area is 119 Å². The second kappa shape index (κ2) is 5.52. The zero-order valence-corrected chi connectivity index (χ0v) is 11.6. The van der Waals surface area contributed by atoms with Crippen LogP contribution in [0.15, 0.2) is 18.2 Å². The molecule has 0 saturated carbocycles. The van der Waals surface area contributed by atoms with Crippen LogP contribution in [0.5, 0.6) is 0 Å². The van der Waals surface area contributed by atoms with Crippen molar-refractivity contribution in [2.24, 2.45) is 0 Å². The number of carbonyl (C=O) groups excluding carboxylic acids is 1. The second-order valence-electron chi connectivity index (χ2n) is 4.66. The Kier molecular flexibility index (Phi) is 4.13. The number of alkyl halides is 3. The van der Waals surface area contributed by atoms with Crippen LogP contribution in [0.3, 0.4) is 0 Å². The van der Waals surface area contributed by atoms with E-state index in [0.717, 1.165) is 12.1 Å². The third-order valence-corrected chi connectivity index (χ3v) is 3.66. The van der Waals surface area contributed by atoms with Gasteiger partial charge in [0, 0.05) is 33.1 Å². The first kappa shape index (κ1) is 15.0. The van der Waals surface area contributed by atoms with Crippen molar-refractivity contribution >= 4 is 23.2 Å². The lowest BCUT2D eigenvalue weighted by Crippen LogP contribution is -2.48. The van der Waals surface area contributed by atoms with Gasteiger partial charge in [-0.15, -0.1) is 0 Å². The highest BCUT2D eigenvalue weighted by molar-refractivity contribution is 6.33. The third-order valence-electron chi connectivity index (χ3n) is 3.34. The van der Waals surface area contributed by atoms with Gasteiger partial charge >= 0.3 is 6.18 Å². The first-order valence-corrected chi connectivity index (χ1v) is 6.54. The van der Waals surface area contributed by atoms with Crippen molar-refractivity contribution in [3.63, 3.8) is 0 Å². The van der Waals surface area contributed by atoms with Crippen molar-refractivity contribution in [1.29, 1.82) is 0 Å². The lowest BCUT2D eigenvalue weighted by molar-refractivity contribution is -0.137. The molecular formula is C13H14ClF3N2O. The summed E-state index contributed by atoms with van der Waals surface area (Å²) in [5.41, 5.74) is -0.351. The van der Waals surface area contributed by atoms with Gasteiger partial charge in [-0.1, -0.05) is 11.6 Å². The van der Waals surface area contributed by atoms with E-state index in [0.29, 0.717) is 31.9 Å². The highest BCUT2D eigenvalue weighted by atomic mass is 35.5. The van der Waals surface area contributed by atoms with Crippen molar-refractivity contribution in [2.75, 3.05) is 31.1 Å². The minimum atomic E-state index is -4.39. The molecule has 1 saturated heterocycles. The molecule has 0 bridgehead atoms. The fraction of sp³-hybridized carbons (Fsp3) is 0.462. The molecule has 0 aromatic heterocycles. The zero-order valence-electron chi connectivity index (χ0n) is 10.9. The van der Waals surface area contributed by atoms with Gasteiger partial charge < -0.3 is 9.80 Å². The van der Waals surface area contributed by atoms with Gasteiger partial charge in [0.05, 0.1) is 16.3 Å². The van der Waals surface area contributed by atoms with E-state index in [1.165, 1.54) is 13.0 Å². The Morgan fingerprint density at radius 1 is 1.20 bits per heavy atom. The number of halogens is 4. The summed E-state index contributed by atoms with van der Waals surface area (Å²) >= 11 is 5.99. The minimum Gasteiger partial charge on any atom is -0.367 e. The molecule has 0 N–H and O–H groups in total. The molecule has 0 aliphatic carbocycles. The number of hydrogen-bond acceptors (Lipinski definition) is 2. The number of benzene rings is 1. The molecule has 0 radical (unpaired) electrons. The second-order valence-corrected chi connectivity index (χ2v) is 5.06. The van der Waals surface area contributed by atoms with Crippen LogP contribution in [-0.4, -0.2) is 37.0 Å². The van der Waals surface area contributed by atoms with Crippen molar-refractivity contribution in [1.82, 2.24) is 4.90 Å². The van der Waals surface area contributed by atoms with Crippen LogP contribution in [-0.2, 0) is 11.0 Å². The van der Waals surface area contributed by atoms with Gasteiger partial charge in [-0.3, -0.25) is 4.79 Å². The molecule has 1 aromatic carbocycles. The highest BCUT2D eigenvalue weighted by Gasteiger charge is 2.32. The molecule has 2 rings (SSSR count). The van der Waals surface area contributed by atoms with E-state index in [-0.39, 0.29) is 10.9 Å². The maximum Gasteiger partial charge on any atom is 0.416 e. The van der Waals surface area contributed by atoms with Gasteiger partial charge in [-0.25, -0.2) is 0 Å². The molecule has 3 nitrogen and oxygen atoms in total. The topological polar surface area (TPSA) is 23.6 Å². The highest BCUT2D eigenvalue weighted by Crippen LogP contribution is 2.35. The van der Waals surface area contributed by atoms with Crippen LogP contribution < -0.4 is 4.90 Å². The monoisotopic (exact) mass is 306 g/mol. The number of carbonyl (C=O) groups is 1. The first-order chi connectivity index (χ1) is 9.29. The number of amides is 1. The molecule has 1 fully saturated rings. The molecule has 1 amide bonds. The number of nitrogens with zero attached hydrogens (tertiary/aromatic N) is 2. The van der Waals surface area contributed by atoms with E-state index in [2.05, 4.69) is 0 Å². The SMILES string of the molecule is CC(=O)N1CCN(c2cc(C(F)(F)F)ccc2Cl)CC1. The average molecular weight is 307 g/mol. The standard InChI is InChI=1S/C13H14ClF3N2O/c1-9(20)18-4-6-19(7-5-18)12-8-10(13(15,16)17)2-3-11(12)14/h2-3,8H,4-7H2,1H3. The number of piperazine rings is 1. The van der Waals surface area contributed by atoms with Crippen molar-refractivity contribution in [3.05, 3.63) is 28.8 Å². The zero-order chi connectivity index (χ0) is 14.9. The van der Waals surface area contributed by atoms with Crippen molar-refractivity contribution in [2.45, 2.75) is 13.1 Å². The molecule has 1 aliphatic heterocycles. The third kappa shape index (κ3) is 3.17. The molecule has 0 atom stereocenters. The number of anilines is 1. The molecule has 0 spiro atoms. The summed E-state index contributed by atoms with van der Waals surface area (Å²) < 4.78 is 38.2. The van der Waals surface area contributed by atoms with E-state index >= 15 is 0 Å². The summed E-state index contributed by atoms with van der Waals surface area (Å²) in [6, 6.07) is 3.29. The Morgan fingerprint density at radius 2 is 1.80 bits per heavy atom. The van der Waals surface area contributed by atoms with Crippen LogP contribution in [0.2, 0.25) is 5.02 Å². The Hall–Kier alpha value is -1.43. The fourth-order valence-corrected chi connectivity index (χ4v) is 2.43. The molecule has 7 heteroatoms. The maximum atomic E-state index is 12.7. The van der Waals surface area contributed by atoms with Gasteiger partial charge in [0.1, 0.15) is 0 Å². The van der Waals surface area contributed by atoms with E-state index in [1.807, 2.05) is 0 Å².